The third-order valence-electron chi connectivity index (χ3n) is 7.52. The maximum atomic E-state index is 12.6. The van der Waals surface area contributed by atoms with E-state index in [1.54, 1.807) is 18.2 Å². The molecule has 3 aromatic rings. The van der Waals surface area contributed by atoms with E-state index in [1.165, 1.54) is 0 Å². The number of nitrogens with two attached hydrogens (primary N) is 1. The molecular formula is C32H42N8O5. The molecule has 1 amide bonds. The van der Waals surface area contributed by atoms with Gasteiger partial charge in [0.15, 0.2) is 0 Å². The van der Waals surface area contributed by atoms with Crippen LogP contribution < -0.4 is 11.1 Å². The molecular weight excluding hydrogens is 576 g/mol. The summed E-state index contributed by atoms with van der Waals surface area (Å²) in [4.78, 5) is 56.1. The molecule has 1 saturated heterocycles. The molecule has 1 aliphatic rings. The van der Waals surface area contributed by atoms with Gasteiger partial charge >= 0.3 is 11.9 Å². The highest BCUT2D eigenvalue weighted by Crippen LogP contribution is 2.14. The lowest BCUT2D eigenvalue weighted by Crippen LogP contribution is -2.36. The van der Waals surface area contributed by atoms with Crippen molar-refractivity contribution in [3.63, 3.8) is 0 Å². The standard InChI is InChI=1S/C32H42N8O5/c1-21-12-24(35-27(15-21)30(41)34-5-4-33)18-38-6-8-39(19-25-13-22(2)16-28(36-25)31(42)43)10-11-40(9-7-38)20-26-14-23(3)17-29(37-26)32(44)45/h12-17H,4-11,18-20,33H2,1-3H3,(H,34,41)(H,42,43)(H,44,45). The Balaban J connectivity index is 1.57. The maximum absolute atomic E-state index is 12.6. The SMILES string of the molecule is Cc1cc(CN2CCN(Cc3cc(C)cc(C(=O)O)n3)CCN(Cc3cc(C)cc(C(=O)NCCN)n3)CC2)nc(C(=O)O)c1. The number of aryl methyl sites for hydroxylation is 3. The summed E-state index contributed by atoms with van der Waals surface area (Å²) < 4.78 is 0. The van der Waals surface area contributed by atoms with Gasteiger partial charge in [-0.05, 0) is 73.9 Å². The lowest BCUT2D eigenvalue weighted by Gasteiger charge is -2.25. The van der Waals surface area contributed by atoms with Crippen LogP contribution in [0, 0.1) is 20.8 Å². The number of hydrogen-bond acceptors (Lipinski definition) is 10. The Morgan fingerprint density at radius 2 is 0.978 bits per heavy atom. The first-order valence-electron chi connectivity index (χ1n) is 15.0. The predicted octanol–water partition coefficient (Wildman–Crippen LogP) is 1.70. The fourth-order valence-electron chi connectivity index (χ4n) is 5.42. The molecule has 0 aromatic carbocycles. The van der Waals surface area contributed by atoms with Crippen molar-refractivity contribution in [1.29, 1.82) is 0 Å². The molecule has 13 heteroatoms. The Kier molecular flexibility index (Phi) is 11.7. The van der Waals surface area contributed by atoms with Crippen LogP contribution in [0.5, 0.6) is 0 Å². The van der Waals surface area contributed by atoms with E-state index in [0.717, 1.165) is 22.4 Å². The van der Waals surface area contributed by atoms with Crippen LogP contribution in [0.4, 0.5) is 0 Å². The van der Waals surface area contributed by atoms with Gasteiger partial charge in [-0.15, -0.1) is 0 Å². The number of amides is 1. The third kappa shape index (κ3) is 10.1. The second kappa shape index (κ2) is 15.6. The van der Waals surface area contributed by atoms with Crippen LogP contribution in [0.1, 0.15) is 65.2 Å². The van der Waals surface area contributed by atoms with Gasteiger partial charge in [0, 0.05) is 72.0 Å². The Labute approximate surface area is 263 Å². The summed E-state index contributed by atoms with van der Waals surface area (Å²) in [5, 5.41) is 21.8. The van der Waals surface area contributed by atoms with Crippen LogP contribution >= 0.6 is 0 Å². The minimum absolute atomic E-state index is 0.0223. The van der Waals surface area contributed by atoms with Gasteiger partial charge in [-0.2, -0.15) is 0 Å². The molecule has 5 N–H and O–H groups in total. The predicted molar refractivity (Wildman–Crippen MR) is 168 cm³/mol. The Morgan fingerprint density at radius 1 is 0.644 bits per heavy atom. The fourth-order valence-corrected chi connectivity index (χ4v) is 5.42. The molecule has 13 nitrogen and oxygen atoms in total. The van der Waals surface area contributed by atoms with E-state index in [4.69, 9.17) is 5.73 Å². The van der Waals surface area contributed by atoms with Gasteiger partial charge in [0.1, 0.15) is 17.1 Å². The van der Waals surface area contributed by atoms with E-state index in [9.17, 15) is 24.6 Å². The fraction of sp³-hybridized carbons (Fsp3) is 0.438. The molecule has 240 valence electrons. The number of carbonyl (C=O) groups excluding carboxylic acids is 1. The van der Waals surface area contributed by atoms with Gasteiger partial charge in [0.2, 0.25) is 0 Å². The van der Waals surface area contributed by atoms with Gasteiger partial charge in [0.25, 0.3) is 5.91 Å². The molecule has 3 aromatic heterocycles. The van der Waals surface area contributed by atoms with Crippen molar-refractivity contribution in [1.82, 2.24) is 35.0 Å². The summed E-state index contributed by atoms with van der Waals surface area (Å²) in [5.74, 6) is -2.38. The minimum Gasteiger partial charge on any atom is -0.477 e. The summed E-state index contributed by atoms with van der Waals surface area (Å²) in [7, 11) is 0. The zero-order valence-corrected chi connectivity index (χ0v) is 26.1. The van der Waals surface area contributed by atoms with Gasteiger partial charge < -0.3 is 21.3 Å². The summed E-state index contributed by atoms with van der Waals surface area (Å²) >= 11 is 0. The number of nitrogens with one attached hydrogen (secondary N) is 1. The molecule has 1 fully saturated rings. The first kappa shape index (κ1) is 33.6. The van der Waals surface area contributed by atoms with Gasteiger partial charge in [0.05, 0.1) is 17.1 Å². The van der Waals surface area contributed by atoms with E-state index in [2.05, 4.69) is 35.0 Å². The number of aromatic carboxylic acids is 2. The minimum atomic E-state index is -1.06. The molecule has 45 heavy (non-hydrogen) atoms. The van der Waals surface area contributed by atoms with E-state index in [0.29, 0.717) is 89.1 Å². The quantitative estimate of drug-likeness (QED) is 0.245. The number of aromatic nitrogens is 3. The van der Waals surface area contributed by atoms with Crippen molar-refractivity contribution < 1.29 is 24.6 Å². The lowest BCUT2D eigenvalue weighted by atomic mass is 10.2. The van der Waals surface area contributed by atoms with Crippen molar-refractivity contribution >= 4 is 17.8 Å². The first-order valence-corrected chi connectivity index (χ1v) is 15.0. The Hall–Kier alpha value is -4.30. The van der Waals surface area contributed by atoms with Gasteiger partial charge in [-0.1, -0.05) is 0 Å². The van der Waals surface area contributed by atoms with Gasteiger partial charge in [-0.3, -0.25) is 19.5 Å². The number of rotatable bonds is 11. The number of pyridine rings is 3. The van der Waals surface area contributed by atoms with Crippen LogP contribution in [-0.4, -0.2) is 110 Å². The number of carbonyl (C=O) groups is 3. The second-order valence-electron chi connectivity index (χ2n) is 11.5. The maximum Gasteiger partial charge on any atom is 0.354 e. The smallest absolute Gasteiger partial charge is 0.354 e. The molecule has 0 radical (unpaired) electrons. The Bertz CT molecular complexity index is 1450. The van der Waals surface area contributed by atoms with Crippen LogP contribution in [0.3, 0.4) is 0 Å². The van der Waals surface area contributed by atoms with Crippen molar-refractivity contribution in [3.05, 3.63) is 87.3 Å². The van der Waals surface area contributed by atoms with Crippen molar-refractivity contribution in [2.24, 2.45) is 5.73 Å². The number of hydrogen-bond donors (Lipinski definition) is 4. The molecule has 0 unspecified atom stereocenters. The van der Waals surface area contributed by atoms with E-state index in [1.807, 2.05) is 39.0 Å². The van der Waals surface area contributed by atoms with E-state index >= 15 is 0 Å². The molecule has 0 atom stereocenters. The van der Waals surface area contributed by atoms with Crippen LogP contribution in [-0.2, 0) is 19.6 Å². The van der Waals surface area contributed by atoms with Gasteiger partial charge in [-0.25, -0.2) is 24.5 Å². The molecule has 4 heterocycles. The van der Waals surface area contributed by atoms with Crippen LogP contribution in [0.15, 0.2) is 36.4 Å². The number of carboxylic acids is 2. The van der Waals surface area contributed by atoms with Crippen molar-refractivity contribution in [2.45, 2.75) is 40.4 Å². The van der Waals surface area contributed by atoms with E-state index in [-0.39, 0.29) is 17.3 Å². The normalized spacial score (nSPS) is 15.2. The monoisotopic (exact) mass is 618 g/mol. The highest BCUT2D eigenvalue weighted by Gasteiger charge is 2.20. The summed E-state index contributed by atoms with van der Waals surface area (Å²) in [6.45, 7) is 12.1. The molecule has 0 bridgehead atoms. The topological polar surface area (TPSA) is 178 Å². The second-order valence-corrected chi connectivity index (χ2v) is 11.5. The summed E-state index contributed by atoms with van der Waals surface area (Å²) in [6, 6.07) is 10.7. The lowest BCUT2D eigenvalue weighted by molar-refractivity contribution is 0.0679. The van der Waals surface area contributed by atoms with Crippen molar-refractivity contribution in [3.8, 4) is 0 Å². The molecule has 0 spiro atoms. The highest BCUT2D eigenvalue weighted by atomic mass is 16.4. The number of carboxylic acid groups (broad SMARTS) is 2. The molecule has 1 aliphatic heterocycles. The summed E-state index contributed by atoms with van der Waals surface area (Å²) in [6.07, 6.45) is 0. The molecule has 0 saturated carbocycles. The average molecular weight is 619 g/mol. The molecule has 4 rings (SSSR count). The largest absolute Gasteiger partial charge is 0.477 e. The van der Waals surface area contributed by atoms with Crippen LogP contribution in [0.2, 0.25) is 0 Å². The average Bonchev–Trinajstić information content (AvgIpc) is 3.06. The molecule has 0 aliphatic carbocycles. The van der Waals surface area contributed by atoms with Crippen molar-refractivity contribution in [2.75, 3.05) is 52.4 Å². The first-order chi connectivity index (χ1) is 21.5. The summed E-state index contributed by atoms with van der Waals surface area (Å²) in [5.41, 5.74) is 10.7. The third-order valence-corrected chi connectivity index (χ3v) is 7.52. The number of nitrogens with zero attached hydrogens (tertiary/aromatic N) is 6. The Morgan fingerprint density at radius 3 is 1.31 bits per heavy atom. The highest BCUT2D eigenvalue weighted by molar-refractivity contribution is 5.92. The van der Waals surface area contributed by atoms with Crippen LogP contribution in [0.25, 0.3) is 0 Å². The zero-order chi connectivity index (χ0) is 32.5. The zero-order valence-electron chi connectivity index (χ0n) is 26.1. The van der Waals surface area contributed by atoms with E-state index < -0.39 is 11.9 Å².